The first-order valence-electron chi connectivity index (χ1n) is 7.84. The highest BCUT2D eigenvalue weighted by atomic mass is 32.1. The van der Waals surface area contributed by atoms with Gasteiger partial charge in [0, 0.05) is 12.6 Å². The molecule has 106 valence electrons. The van der Waals surface area contributed by atoms with Gasteiger partial charge in [-0.25, -0.2) is 0 Å². The molecule has 2 atom stereocenters. The fraction of sp³-hybridized carbons (Fsp3) is 1.00. The highest BCUT2D eigenvalue weighted by Gasteiger charge is 2.33. The average molecular weight is 270 g/mol. The second-order valence-corrected chi connectivity index (χ2v) is 6.62. The van der Waals surface area contributed by atoms with E-state index in [0.717, 1.165) is 17.7 Å². The summed E-state index contributed by atoms with van der Waals surface area (Å²) in [4.78, 5) is 5.33. The average Bonchev–Trinajstić information content (AvgIpc) is 2.39. The second kappa shape index (κ2) is 7.76. The molecule has 0 aromatic heterocycles. The lowest BCUT2D eigenvalue weighted by Crippen LogP contribution is -2.52. The molecule has 2 fully saturated rings. The van der Waals surface area contributed by atoms with Crippen LogP contribution in [0, 0.1) is 5.92 Å². The standard InChI is InChI=1S/C15H30N2S/c1-16-9-6-7-14-13-17(11-8-15(14)16)10-4-2-3-5-12-18/h14-15,18H,2-13H2,1H3. The molecule has 0 radical (unpaired) electrons. The Bertz CT molecular complexity index is 235. The lowest BCUT2D eigenvalue weighted by molar-refractivity contribution is 0.0380. The summed E-state index contributed by atoms with van der Waals surface area (Å²) in [7, 11) is 2.32. The predicted molar refractivity (Wildman–Crippen MR) is 82.5 cm³/mol. The van der Waals surface area contributed by atoms with E-state index in [-0.39, 0.29) is 0 Å². The Morgan fingerprint density at radius 2 is 1.89 bits per heavy atom. The molecule has 2 saturated heterocycles. The van der Waals surface area contributed by atoms with E-state index in [2.05, 4.69) is 29.5 Å². The van der Waals surface area contributed by atoms with Crippen LogP contribution in [-0.4, -0.2) is 54.8 Å². The summed E-state index contributed by atoms with van der Waals surface area (Å²) in [5.41, 5.74) is 0. The topological polar surface area (TPSA) is 6.48 Å². The van der Waals surface area contributed by atoms with Crippen molar-refractivity contribution in [3.63, 3.8) is 0 Å². The van der Waals surface area contributed by atoms with Crippen LogP contribution in [0.1, 0.15) is 44.9 Å². The van der Waals surface area contributed by atoms with Gasteiger partial charge in [-0.2, -0.15) is 12.6 Å². The van der Waals surface area contributed by atoms with Crippen molar-refractivity contribution in [1.29, 1.82) is 0 Å². The van der Waals surface area contributed by atoms with Gasteiger partial charge in [-0.15, -0.1) is 0 Å². The molecule has 18 heavy (non-hydrogen) atoms. The van der Waals surface area contributed by atoms with Crippen molar-refractivity contribution in [1.82, 2.24) is 9.80 Å². The van der Waals surface area contributed by atoms with E-state index >= 15 is 0 Å². The normalized spacial score (nSPS) is 30.3. The van der Waals surface area contributed by atoms with Gasteiger partial charge in [0.05, 0.1) is 0 Å². The van der Waals surface area contributed by atoms with Gasteiger partial charge >= 0.3 is 0 Å². The summed E-state index contributed by atoms with van der Waals surface area (Å²) in [5, 5.41) is 0. The Balaban J connectivity index is 1.64. The van der Waals surface area contributed by atoms with Crippen LogP contribution in [0.15, 0.2) is 0 Å². The molecule has 2 aliphatic rings. The van der Waals surface area contributed by atoms with Gasteiger partial charge in [-0.3, -0.25) is 0 Å². The molecule has 0 bridgehead atoms. The number of hydrogen-bond donors (Lipinski definition) is 1. The maximum Gasteiger partial charge on any atom is 0.0145 e. The zero-order chi connectivity index (χ0) is 12.8. The SMILES string of the molecule is CN1CCCC2CN(CCCCCCS)CCC21. The van der Waals surface area contributed by atoms with Gasteiger partial charge < -0.3 is 9.80 Å². The van der Waals surface area contributed by atoms with Crippen molar-refractivity contribution in [2.24, 2.45) is 5.92 Å². The Labute approximate surface area is 119 Å². The van der Waals surface area contributed by atoms with Gasteiger partial charge in [-0.1, -0.05) is 12.8 Å². The van der Waals surface area contributed by atoms with Crippen LogP contribution in [0.4, 0.5) is 0 Å². The molecule has 2 aliphatic heterocycles. The first-order chi connectivity index (χ1) is 8.81. The van der Waals surface area contributed by atoms with Crippen molar-refractivity contribution in [2.45, 2.75) is 51.0 Å². The largest absolute Gasteiger partial charge is 0.303 e. The molecule has 0 saturated carbocycles. The lowest BCUT2D eigenvalue weighted by Gasteiger charge is -2.46. The van der Waals surface area contributed by atoms with Crippen LogP contribution in [0.2, 0.25) is 0 Å². The number of nitrogens with zero attached hydrogens (tertiary/aromatic N) is 2. The van der Waals surface area contributed by atoms with Crippen molar-refractivity contribution in [3.8, 4) is 0 Å². The molecule has 0 amide bonds. The van der Waals surface area contributed by atoms with E-state index in [4.69, 9.17) is 0 Å². The smallest absolute Gasteiger partial charge is 0.0145 e. The highest BCUT2D eigenvalue weighted by molar-refractivity contribution is 7.80. The minimum Gasteiger partial charge on any atom is -0.303 e. The first-order valence-corrected chi connectivity index (χ1v) is 8.48. The van der Waals surface area contributed by atoms with Crippen LogP contribution >= 0.6 is 12.6 Å². The van der Waals surface area contributed by atoms with Crippen molar-refractivity contribution >= 4 is 12.6 Å². The summed E-state index contributed by atoms with van der Waals surface area (Å²) in [5.74, 6) is 2.01. The highest BCUT2D eigenvalue weighted by Crippen LogP contribution is 2.29. The maximum atomic E-state index is 4.27. The monoisotopic (exact) mass is 270 g/mol. The van der Waals surface area contributed by atoms with Gasteiger partial charge in [0.15, 0.2) is 0 Å². The van der Waals surface area contributed by atoms with E-state index in [1.165, 1.54) is 71.1 Å². The number of rotatable bonds is 6. The number of thiol groups is 1. The van der Waals surface area contributed by atoms with Gasteiger partial charge in [0.25, 0.3) is 0 Å². The second-order valence-electron chi connectivity index (χ2n) is 6.18. The van der Waals surface area contributed by atoms with Crippen LogP contribution < -0.4 is 0 Å². The number of piperidine rings is 2. The minimum absolute atomic E-state index is 0.888. The van der Waals surface area contributed by atoms with Crippen molar-refractivity contribution in [2.75, 3.05) is 39.0 Å². The molecule has 2 nitrogen and oxygen atoms in total. The molecule has 0 aromatic rings. The third kappa shape index (κ3) is 4.14. The zero-order valence-electron chi connectivity index (χ0n) is 12.0. The summed E-state index contributed by atoms with van der Waals surface area (Å²) in [6.45, 7) is 5.35. The summed E-state index contributed by atoms with van der Waals surface area (Å²) < 4.78 is 0. The lowest BCUT2D eigenvalue weighted by atomic mass is 9.84. The minimum atomic E-state index is 0.888. The van der Waals surface area contributed by atoms with E-state index in [0.29, 0.717) is 0 Å². The molecule has 2 heterocycles. The van der Waals surface area contributed by atoms with E-state index in [1.54, 1.807) is 0 Å². The third-order valence-electron chi connectivity index (χ3n) is 4.81. The molecule has 3 heteroatoms. The quantitative estimate of drug-likeness (QED) is 0.586. The van der Waals surface area contributed by atoms with Crippen LogP contribution in [0.5, 0.6) is 0 Å². The Morgan fingerprint density at radius 3 is 2.72 bits per heavy atom. The Morgan fingerprint density at radius 1 is 1.06 bits per heavy atom. The summed E-state index contributed by atoms with van der Waals surface area (Å²) in [6.07, 6.45) is 9.72. The van der Waals surface area contributed by atoms with E-state index in [9.17, 15) is 0 Å². The summed E-state index contributed by atoms with van der Waals surface area (Å²) in [6, 6.07) is 0.888. The first kappa shape index (κ1) is 14.7. The molecular formula is C15H30N2S. The molecule has 2 rings (SSSR count). The summed E-state index contributed by atoms with van der Waals surface area (Å²) >= 11 is 4.27. The molecular weight excluding hydrogens is 240 g/mol. The van der Waals surface area contributed by atoms with Gasteiger partial charge in [-0.05, 0) is 70.5 Å². The Hall–Kier alpha value is 0.270. The van der Waals surface area contributed by atoms with E-state index < -0.39 is 0 Å². The fourth-order valence-electron chi connectivity index (χ4n) is 3.73. The van der Waals surface area contributed by atoms with Crippen LogP contribution in [0.3, 0.4) is 0 Å². The molecule has 2 unspecified atom stereocenters. The van der Waals surface area contributed by atoms with Crippen LogP contribution in [0.25, 0.3) is 0 Å². The number of likely N-dealkylation sites (tertiary alicyclic amines) is 2. The predicted octanol–water partition coefficient (Wildman–Crippen LogP) is 2.89. The zero-order valence-corrected chi connectivity index (χ0v) is 12.9. The Kier molecular flexibility index (Phi) is 6.33. The number of unbranched alkanes of at least 4 members (excludes halogenated alkanes) is 3. The maximum absolute atomic E-state index is 4.27. The molecule has 0 aromatic carbocycles. The van der Waals surface area contributed by atoms with Gasteiger partial charge in [0.1, 0.15) is 0 Å². The fourth-order valence-corrected chi connectivity index (χ4v) is 3.96. The molecule has 0 N–H and O–H groups in total. The van der Waals surface area contributed by atoms with Crippen molar-refractivity contribution in [3.05, 3.63) is 0 Å². The van der Waals surface area contributed by atoms with Gasteiger partial charge in [0.2, 0.25) is 0 Å². The number of hydrogen-bond acceptors (Lipinski definition) is 3. The number of fused-ring (bicyclic) bond motifs is 1. The van der Waals surface area contributed by atoms with Crippen LogP contribution in [-0.2, 0) is 0 Å². The molecule has 0 spiro atoms. The molecule has 0 aliphatic carbocycles. The third-order valence-corrected chi connectivity index (χ3v) is 5.13. The van der Waals surface area contributed by atoms with Crippen molar-refractivity contribution < 1.29 is 0 Å². The van der Waals surface area contributed by atoms with E-state index in [1.807, 2.05) is 0 Å².